The molecule has 12 N–H and O–H groups in total. The van der Waals surface area contributed by atoms with Gasteiger partial charge in [0.1, 0.15) is 73.2 Å². The Bertz CT molecular complexity index is 1740. The molecule has 0 radical (unpaired) electrons. The van der Waals surface area contributed by atoms with E-state index in [1.165, 1.54) is 148 Å². The Hall–Kier alpha value is -2.25. The van der Waals surface area contributed by atoms with E-state index in [2.05, 4.69) is 55.6 Å². The highest BCUT2D eigenvalue weighted by atomic mass is 16.8. The summed E-state index contributed by atoms with van der Waals surface area (Å²) in [5, 5.41) is 120. The zero-order valence-corrected chi connectivity index (χ0v) is 52.1. The molecule has 19 heteroatoms. The zero-order valence-electron chi connectivity index (χ0n) is 52.1. The highest BCUT2D eigenvalue weighted by Gasteiger charge is 2.53. The molecule has 0 aromatic heterocycles. The molecule has 0 aliphatic carbocycles. The molecule has 17 unspecified atom stereocenters. The van der Waals surface area contributed by atoms with Gasteiger partial charge in [0.25, 0.3) is 0 Å². The van der Waals surface area contributed by atoms with Crippen molar-refractivity contribution < 1.29 is 89.4 Å². The van der Waals surface area contributed by atoms with Crippen LogP contribution in [0.3, 0.4) is 0 Å². The second-order valence-electron chi connectivity index (χ2n) is 23.9. The number of nitrogens with one attached hydrogen (secondary N) is 1. The molecule has 3 rings (SSSR count). The maximum absolute atomic E-state index is 13.3. The van der Waals surface area contributed by atoms with Gasteiger partial charge in [0.2, 0.25) is 5.91 Å². The van der Waals surface area contributed by atoms with Crippen molar-refractivity contribution in [1.82, 2.24) is 5.32 Å². The monoisotopic (exact) mass is 1210 g/mol. The van der Waals surface area contributed by atoms with Gasteiger partial charge in [-0.05, 0) is 38.5 Å². The quantitative estimate of drug-likeness (QED) is 0.0204. The van der Waals surface area contributed by atoms with Crippen LogP contribution in [0.4, 0.5) is 0 Å². The molecule has 3 saturated heterocycles. The third-order valence-electron chi connectivity index (χ3n) is 16.7. The van der Waals surface area contributed by atoms with E-state index in [1.54, 1.807) is 0 Å². The Kier molecular flexibility index (Phi) is 44.0. The second-order valence-corrected chi connectivity index (χ2v) is 23.9. The van der Waals surface area contributed by atoms with Gasteiger partial charge in [-0.25, -0.2) is 0 Å². The topological polar surface area (TPSA) is 307 Å². The van der Waals surface area contributed by atoms with Gasteiger partial charge in [-0.15, -0.1) is 0 Å². The number of allylic oxidation sites excluding steroid dienone is 8. The summed E-state index contributed by atoms with van der Waals surface area (Å²) >= 11 is 0. The van der Waals surface area contributed by atoms with Crippen LogP contribution in [0.15, 0.2) is 48.6 Å². The van der Waals surface area contributed by atoms with Crippen LogP contribution in [0.5, 0.6) is 0 Å². The minimum Gasteiger partial charge on any atom is -0.394 e. The van der Waals surface area contributed by atoms with Crippen LogP contribution in [-0.2, 0) is 33.2 Å². The molecule has 17 atom stereocenters. The minimum absolute atomic E-state index is 0.144. The van der Waals surface area contributed by atoms with Gasteiger partial charge in [-0.2, -0.15) is 0 Å². The summed E-state index contributed by atoms with van der Waals surface area (Å²) < 4.78 is 34.3. The molecule has 0 aromatic carbocycles. The van der Waals surface area contributed by atoms with Crippen molar-refractivity contribution in [2.24, 2.45) is 0 Å². The van der Waals surface area contributed by atoms with E-state index in [0.29, 0.717) is 19.3 Å². The molecule has 1 amide bonds. The average molecular weight is 1210 g/mol. The molecule has 3 heterocycles. The van der Waals surface area contributed by atoms with Crippen LogP contribution in [0, 0.1) is 0 Å². The molecule has 0 aromatic rings. The number of carbonyl (C=O) groups is 1. The van der Waals surface area contributed by atoms with Crippen molar-refractivity contribution in [3.8, 4) is 0 Å². The average Bonchev–Trinajstić information content (AvgIpc) is 3.60. The first-order valence-corrected chi connectivity index (χ1v) is 33.4. The number of rotatable bonds is 50. The molecule has 85 heavy (non-hydrogen) atoms. The lowest BCUT2D eigenvalue weighted by Crippen LogP contribution is -2.66. The van der Waals surface area contributed by atoms with E-state index < -0.39 is 124 Å². The molecular formula is C66H119NO18. The van der Waals surface area contributed by atoms with Crippen molar-refractivity contribution in [2.75, 3.05) is 26.4 Å². The molecule has 496 valence electrons. The number of unbranched alkanes of at least 4 members (excludes halogenated alkanes) is 26. The van der Waals surface area contributed by atoms with E-state index in [0.717, 1.165) is 44.9 Å². The predicted molar refractivity (Wildman–Crippen MR) is 328 cm³/mol. The molecule has 3 fully saturated rings. The van der Waals surface area contributed by atoms with E-state index in [-0.39, 0.29) is 18.9 Å². The van der Waals surface area contributed by atoms with Crippen LogP contribution in [0.1, 0.15) is 232 Å². The van der Waals surface area contributed by atoms with Crippen molar-refractivity contribution in [3.63, 3.8) is 0 Å². The van der Waals surface area contributed by atoms with E-state index in [9.17, 15) is 61.0 Å². The maximum atomic E-state index is 13.3. The minimum atomic E-state index is -1.98. The summed E-state index contributed by atoms with van der Waals surface area (Å²) in [5.41, 5.74) is 0. The first-order chi connectivity index (χ1) is 41.3. The van der Waals surface area contributed by atoms with Crippen LogP contribution in [0.25, 0.3) is 0 Å². The summed E-state index contributed by atoms with van der Waals surface area (Å²) in [6.45, 7) is 1.63. The number of aliphatic hydroxyl groups is 11. The molecule has 0 spiro atoms. The van der Waals surface area contributed by atoms with Crippen LogP contribution in [0.2, 0.25) is 0 Å². The Morgan fingerprint density at radius 2 is 0.788 bits per heavy atom. The Morgan fingerprint density at radius 1 is 0.435 bits per heavy atom. The third-order valence-corrected chi connectivity index (χ3v) is 16.7. The summed E-state index contributed by atoms with van der Waals surface area (Å²) in [6, 6.07) is -0.927. The number of ether oxygens (including phenoxy) is 6. The Morgan fingerprint density at radius 3 is 1.20 bits per heavy atom. The smallest absolute Gasteiger partial charge is 0.220 e. The van der Waals surface area contributed by atoms with Crippen LogP contribution < -0.4 is 5.32 Å². The fraction of sp³-hybridized carbons (Fsp3) is 0.864. The highest BCUT2D eigenvalue weighted by molar-refractivity contribution is 5.76. The fourth-order valence-electron chi connectivity index (χ4n) is 11.3. The maximum Gasteiger partial charge on any atom is 0.220 e. The summed E-state index contributed by atoms with van der Waals surface area (Å²) in [6.07, 6.45) is 29.5. The molecule has 0 saturated carbocycles. The first kappa shape index (κ1) is 77.0. The molecule has 0 bridgehead atoms. The first-order valence-electron chi connectivity index (χ1n) is 33.4. The largest absolute Gasteiger partial charge is 0.394 e. The molecule has 19 nitrogen and oxygen atoms in total. The third kappa shape index (κ3) is 31.4. The number of carbonyl (C=O) groups excluding carboxylic acids is 1. The summed E-state index contributed by atoms with van der Waals surface area (Å²) in [7, 11) is 0. The highest BCUT2D eigenvalue weighted by Crippen LogP contribution is 2.33. The Labute approximate surface area is 510 Å². The van der Waals surface area contributed by atoms with Gasteiger partial charge in [0, 0.05) is 6.42 Å². The molecule has 3 aliphatic rings. The fourth-order valence-corrected chi connectivity index (χ4v) is 11.3. The predicted octanol–water partition coefficient (Wildman–Crippen LogP) is 7.83. The van der Waals surface area contributed by atoms with E-state index in [4.69, 9.17) is 28.4 Å². The standard InChI is InChI=1S/C66H119NO18/c1-3-5-7-9-11-13-15-17-18-19-20-21-22-23-24-25-26-27-28-29-30-32-33-35-37-39-41-43-50(71)49(67-54(72)44-42-40-38-36-34-31-16-14-12-10-8-6-4-2)48-80-64-60(78)57(75)62(52(46-69)82-64)85-66-61(79)58(76)63(53(47-70)83-66)84-65-59(77)56(74)55(73)51(45-68)81-65/h6,8,12,14,31,34,38,40,49-53,55-66,68-71,73-79H,3-5,7,9-11,13,15-30,32-33,35-37,39,41-48H2,1-2H3,(H,67,72)/b8-6-,14-12-,34-31-,40-38-. The number of amides is 1. The molecule has 3 aliphatic heterocycles. The van der Waals surface area contributed by atoms with Crippen LogP contribution >= 0.6 is 0 Å². The van der Waals surface area contributed by atoms with Crippen molar-refractivity contribution >= 4 is 5.91 Å². The van der Waals surface area contributed by atoms with Crippen molar-refractivity contribution in [2.45, 2.75) is 336 Å². The van der Waals surface area contributed by atoms with E-state index >= 15 is 0 Å². The normalized spacial score (nSPS) is 29.3. The lowest BCUT2D eigenvalue weighted by atomic mass is 9.96. The lowest BCUT2D eigenvalue weighted by molar-refractivity contribution is -0.379. The van der Waals surface area contributed by atoms with Crippen molar-refractivity contribution in [1.29, 1.82) is 0 Å². The van der Waals surface area contributed by atoms with Gasteiger partial charge in [-0.1, -0.05) is 236 Å². The Balaban J connectivity index is 1.42. The summed E-state index contributed by atoms with van der Waals surface area (Å²) in [4.78, 5) is 13.3. The summed E-state index contributed by atoms with van der Waals surface area (Å²) in [5.74, 6) is -0.322. The van der Waals surface area contributed by atoms with Gasteiger partial charge in [-0.3, -0.25) is 4.79 Å². The second kappa shape index (κ2) is 48.6. The number of hydrogen-bond donors (Lipinski definition) is 12. The molecular weight excluding hydrogens is 1090 g/mol. The SMILES string of the molecule is CC/C=C\C/C=C\C/C=C\C/C=C\CCC(=O)NC(COC1OC(CO)C(OC2OC(CO)C(OC3OC(CO)C(O)C(O)C3O)C(O)C2O)C(O)C1O)C(O)CCCCCCCCCCCCCCCCCCCCCCCCCCCCC. The number of aliphatic hydroxyl groups excluding tert-OH is 11. The van der Waals surface area contributed by atoms with E-state index in [1.807, 2.05) is 12.2 Å². The van der Waals surface area contributed by atoms with Gasteiger partial charge >= 0.3 is 0 Å². The van der Waals surface area contributed by atoms with Gasteiger partial charge in [0.15, 0.2) is 18.9 Å². The van der Waals surface area contributed by atoms with Crippen molar-refractivity contribution in [3.05, 3.63) is 48.6 Å². The van der Waals surface area contributed by atoms with Gasteiger partial charge in [0.05, 0.1) is 38.6 Å². The lowest BCUT2D eigenvalue weighted by Gasteiger charge is -2.48. The zero-order chi connectivity index (χ0) is 61.9. The number of hydrogen-bond acceptors (Lipinski definition) is 18. The van der Waals surface area contributed by atoms with Gasteiger partial charge < -0.3 is 89.9 Å². The van der Waals surface area contributed by atoms with Crippen LogP contribution in [-0.4, -0.2) is 193 Å².